The molecule has 25 heavy (non-hydrogen) atoms. The van der Waals surface area contributed by atoms with Gasteiger partial charge >= 0.3 is 0 Å². The van der Waals surface area contributed by atoms with Gasteiger partial charge < -0.3 is 5.32 Å². The first-order chi connectivity index (χ1) is 12.0. The maximum atomic E-state index is 12.3. The number of aromatic nitrogens is 2. The van der Waals surface area contributed by atoms with Gasteiger partial charge in [0.25, 0.3) is 0 Å². The first kappa shape index (κ1) is 17.5. The molecule has 0 saturated heterocycles. The quantitative estimate of drug-likeness (QED) is 0.669. The van der Waals surface area contributed by atoms with Crippen molar-refractivity contribution in [1.82, 2.24) is 10.2 Å². The third-order valence-electron chi connectivity index (χ3n) is 3.62. The lowest BCUT2D eigenvalue weighted by Crippen LogP contribution is -2.14. The Bertz CT molecular complexity index is 1010. The van der Waals surface area contributed by atoms with E-state index in [0.717, 1.165) is 27.7 Å². The minimum atomic E-state index is -3.42. The largest absolute Gasteiger partial charge is 0.300 e. The Morgan fingerprint density at radius 2 is 1.88 bits per heavy atom. The van der Waals surface area contributed by atoms with E-state index in [0.29, 0.717) is 6.42 Å². The SMILES string of the molecule is CCCS(=O)(=O)c1nnc(NC(=O)Cc2cccc3ccccc23)s1. The van der Waals surface area contributed by atoms with E-state index in [2.05, 4.69) is 15.5 Å². The average Bonchev–Trinajstić information content (AvgIpc) is 3.04. The molecule has 3 rings (SSSR count). The first-order valence-corrected chi connectivity index (χ1v) is 10.3. The summed E-state index contributed by atoms with van der Waals surface area (Å²) in [7, 11) is -3.42. The van der Waals surface area contributed by atoms with Crippen molar-refractivity contribution in [2.75, 3.05) is 11.1 Å². The molecule has 0 fully saturated rings. The maximum absolute atomic E-state index is 12.3. The van der Waals surface area contributed by atoms with E-state index in [4.69, 9.17) is 0 Å². The number of fused-ring (bicyclic) bond motifs is 1. The highest BCUT2D eigenvalue weighted by Gasteiger charge is 2.20. The molecule has 0 aliphatic carbocycles. The molecule has 0 aliphatic rings. The molecule has 8 heteroatoms. The number of nitrogens with zero attached hydrogens (tertiary/aromatic N) is 2. The normalized spacial score (nSPS) is 11.6. The monoisotopic (exact) mass is 375 g/mol. The lowest BCUT2D eigenvalue weighted by atomic mass is 10.0. The number of nitrogens with one attached hydrogen (secondary N) is 1. The van der Waals surface area contributed by atoms with Gasteiger partial charge in [-0.15, -0.1) is 10.2 Å². The predicted octanol–water partition coefficient (Wildman–Crippen LogP) is 3.06. The second-order valence-electron chi connectivity index (χ2n) is 5.56. The topological polar surface area (TPSA) is 89.0 Å². The van der Waals surface area contributed by atoms with Crippen LogP contribution in [0.15, 0.2) is 46.8 Å². The molecule has 3 aromatic rings. The van der Waals surface area contributed by atoms with Crippen LogP contribution in [-0.2, 0) is 21.1 Å². The molecule has 0 bridgehead atoms. The van der Waals surface area contributed by atoms with Crippen LogP contribution < -0.4 is 5.32 Å². The Morgan fingerprint density at radius 3 is 2.68 bits per heavy atom. The van der Waals surface area contributed by atoms with Crippen molar-refractivity contribution in [1.29, 1.82) is 0 Å². The number of amides is 1. The van der Waals surface area contributed by atoms with Crippen LogP contribution in [0.25, 0.3) is 10.8 Å². The van der Waals surface area contributed by atoms with E-state index < -0.39 is 9.84 Å². The molecule has 1 amide bonds. The Balaban J connectivity index is 1.74. The van der Waals surface area contributed by atoms with Crippen LogP contribution in [0.3, 0.4) is 0 Å². The number of hydrogen-bond acceptors (Lipinski definition) is 6. The molecule has 1 heterocycles. The van der Waals surface area contributed by atoms with Crippen molar-refractivity contribution in [3.8, 4) is 0 Å². The molecule has 1 aromatic heterocycles. The maximum Gasteiger partial charge on any atom is 0.234 e. The Labute approximate surface area is 149 Å². The number of anilines is 1. The van der Waals surface area contributed by atoms with E-state index >= 15 is 0 Å². The van der Waals surface area contributed by atoms with E-state index in [1.54, 1.807) is 6.92 Å². The molecule has 130 valence electrons. The highest BCUT2D eigenvalue weighted by atomic mass is 32.2. The number of rotatable bonds is 6. The second kappa shape index (κ2) is 7.28. The molecule has 0 unspecified atom stereocenters. The van der Waals surface area contributed by atoms with Crippen molar-refractivity contribution in [3.63, 3.8) is 0 Å². The summed E-state index contributed by atoms with van der Waals surface area (Å²) in [6, 6.07) is 13.6. The summed E-state index contributed by atoms with van der Waals surface area (Å²) in [5, 5.41) is 12.4. The molecule has 2 aromatic carbocycles. The molecule has 6 nitrogen and oxygen atoms in total. The standard InChI is InChI=1S/C17H17N3O3S2/c1-2-10-25(22,23)17-20-19-16(24-17)18-15(21)11-13-8-5-7-12-6-3-4-9-14(12)13/h3-9H,2,10-11H2,1H3,(H,18,19,21). The summed E-state index contributed by atoms with van der Waals surface area (Å²) < 4.78 is 23.9. The van der Waals surface area contributed by atoms with Gasteiger partial charge in [-0.2, -0.15) is 0 Å². The van der Waals surface area contributed by atoms with Crippen molar-refractivity contribution in [2.45, 2.75) is 24.1 Å². The first-order valence-electron chi connectivity index (χ1n) is 7.82. The number of carbonyl (C=O) groups excluding carboxylic acids is 1. The van der Waals surface area contributed by atoms with Crippen LogP contribution in [0.2, 0.25) is 0 Å². The van der Waals surface area contributed by atoms with Crippen LogP contribution in [-0.4, -0.2) is 30.3 Å². The van der Waals surface area contributed by atoms with Gasteiger partial charge in [0.1, 0.15) is 0 Å². The minimum absolute atomic E-state index is 0.0194. The number of sulfone groups is 1. The van der Waals surface area contributed by atoms with Gasteiger partial charge in [-0.3, -0.25) is 4.79 Å². The Hall–Kier alpha value is -2.32. The van der Waals surface area contributed by atoms with Crippen molar-refractivity contribution >= 4 is 43.0 Å². The molecule has 1 N–H and O–H groups in total. The number of benzene rings is 2. The third kappa shape index (κ3) is 4.02. The highest BCUT2D eigenvalue weighted by molar-refractivity contribution is 7.93. The molecule has 0 saturated carbocycles. The van der Waals surface area contributed by atoms with Crippen LogP contribution in [0.5, 0.6) is 0 Å². The average molecular weight is 375 g/mol. The zero-order valence-electron chi connectivity index (χ0n) is 13.6. The van der Waals surface area contributed by atoms with Gasteiger partial charge in [-0.05, 0) is 22.8 Å². The summed E-state index contributed by atoms with van der Waals surface area (Å²) >= 11 is 0.880. The van der Waals surface area contributed by atoms with E-state index in [1.807, 2.05) is 42.5 Å². The van der Waals surface area contributed by atoms with Gasteiger partial charge in [0, 0.05) is 0 Å². The van der Waals surface area contributed by atoms with E-state index in [1.165, 1.54) is 0 Å². The van der Waals surface area contributed by atoms with Crippen LogP contribution in [0.1, 0.15) is 18.9 Å². The minimum Gasteiger partial charge on any atom is -0.300 e. The zero-order valence-corrected chi connectivity index (χ0v) is 15.2. The van der Waals surface area contributed by atoms with Crippen molar-refractivity contribution in [2.24, 2.45) is 0 Å². The predicted molar refractivity (Wildman–Crippen MR) is 98.5 cm³/mol. The molecule has 0 atom stereocenters. The molecular weight excluding hydrogens is 358 g/mol. The van der Waals surface area contributed by atoms with Gasteiger partial charge in [0.05, 0.1) is 12.2 Å². The summed E-state index contributed by atoms with van der Waals surface area (Å²) in [6.45, 7) is 1.78. The number of carbonyl (C=O) groups is 1. The van der Waals surface area contributed by atoms with Crippen LogP contribution >= 0.6 is 11.3 Å². The van der Waals surface area contributed by atoms with Gasteiger partial charge in [0.15, 0.2) is 0 Å². The van der Waals surface area contributed by atoms with Crippen LogP contribution in [0.4, 0.5) is 5.13 Å². The van der Waals surface area contributed by atoms with E-state index in [9.17, 15) is 13.2 Å². The van der Waals surface area contributed by atoms with Crippen molar-refractivity contribution < 1.29 is 13.2 Å². The fourth-order valence-corrected chi connectivity index (χ4v) is 4.89. The summed E-state index contributed by atoms with van der Waals surface area (Å²) in [6.07, 6.45) is 0.683. The highest BCUT2D eigenvalue weighted by Crippen LogP contribution is 2.23. The summed E-state index contributed by atoms with van der Waals surface area (Å²) in [4.78, 5) is 12.3. The summed E-state index contributed by atoms with van der Waals surface area (Å²) in [5.41, 5.74) is 0.902. The zero-order chi connectivity index (χ0) is 17.9. The lowest BCUT2D eigenvalue weighted by Gasteiger charge is -2.06. The molecule has 0 spiro atoms. The van der Waals surface area contributed by atoms with Gasteiger partial charge in [-0.25, -0.2) is 8.42 Å². The Kier molecular flexibility index (Phi) is 5.10. The molecule has 0 radical (unpaired) electrons. The van der Waals surface area contributed by atoms with Crippen LogP contribution in [0, 0.1) is 0 Å². The third-order valence-corrected chi connectivity index (χ3v) is 6.83. The van der Waals surface area contributed by atoms with E-state index in [-0.39, 0.29) is 27.6 Å². The lowest BCUT2D eigenvalue weighted by molar-refractivity contribution is -0.115. The Morgan fingerprint density at radius 1 is 1.12 bits per heavy atom. The van der Waals surface area contributed by atoms with Crippen molar-refractivity contribution in [3.05, 3.63) is 48.0 Å². The fraction of sp³-hybridized carbons (Fsp3) is 0.235. The van der Waals surface area contributed by atoms with Gasteiger partial charge in [0.2, 0.25) is 25.2 Å². The second-order valence-corrected chi connectivity index (χ2v) is 8.82. The smallest absolute Gasteiger partial charge is 0.234 e. The molecular formula is C17H17N3O3S2. The fourth-order valence-electron chi connectivity index (χ4n) is 2.53. The summed E-state index contributed by atoms with van der Waals surface area (Å²) in [5.74, 6) is -0.238. The molecule has 0 aliphatic heterocycles. The number of hydrogen-bond donors (Lipinski definition) is 1. The van der Waals surface area contributed by atoms with Gasteiger partial charge in [-0.1, -0.05) is 60.7 Å².